The number of pyridine rings is 1. The molecule has 0 radical (unpaired) electrons. The van der Waals surface area contributed by atoms with E-state index in [9.17, 15) is 8.42 Å². The number of benzene rings is 1. The van der Waals surface area contributed by atoms with Gasteiger partial charge in [0, 0.05) is 23.6 Å². The highest BCUT2D eigenvalue weighted by molar-refractivity contribution is 7.98. The highest BCUT2D eigenvalue weighted by Gasteiger charge is 2.18. The lowest BCUT2D eigenvalue weighted by Gasteiger charge is -2.09. The zero-order valence-electron chi connectivity index (χ0n) is 14.5. The van der Waals surface area contributed by atoms with Gasteiger partial charge in [0.1, 0.15) is 5.03 Å². The van der Waals surface area contributed by atoms with Crippen LogP contribution in [0.4, 0.5) is 0 Å². The third kappa shape index (κ3) is 3.48. The van der Waals surface area contributed by atoms with E-state index in [-0.39, 0.29) is 4.90 Å². The first-order chi connectivity index (χ1) is 11.8. The molecule has 130 valence electrons. The number of sulfone groups is 1. The van der Waals surface area contributed by atoms with Crippen molar-refractivity contribution >= 4 is 21.6 Å². The second-order valence-corrected chi connectivity index (χ2v) is 8.70. The van der Waals surface area contributed by atoms with Gasteiger partial charge in [0.2, 0.25) is 0 Å². The smallest absolute Gasteiger partial charge is 0.177 e. The molecule has 0 saturated heterocycles. The summed E-state index contributed by atoms with van der Waals surface area (Å²) in [6.07, 6.45) is 4.53. The van der Waals surface area contributed by atoms with Gasteiger partial charge in [-0.05, 0) is 32.2 Å². The predicted octanol–water partition coefficient (Wildman–Crippen LogP) is 3.68. The number of thioether (sulfide) groups is 1. The van der Waals surface area contributed by atoms with E-state index >= 15 is 0 Å². The topological polar surface area (TPSA) is 64.8 Å². The van der Waals surface area contributed by atoms with Gasteiger partial charge in [-0.2, -0.15) is 5.10 Å². The molecule has 1 aromatic carbocycles. The van der Waals surface area contributed by atoms with Crippen molar-refractivity contribution in [2.24, 2.45) is 0 Å². The lowest BCUT2D eigenvalue weighted by Crippen LogP contribution is -2.04. The van der Waals surface area contributed by atoms with Crippen LogP contribution < -0.4 is 0 Å². The number of hydrogen-bond donors (Lipinski definition) is 0. The molecule has 7 heteroatoms. The van der Waals surface area contributed by atoms with E-state index in [4.69, 9.17) is 0 Å². The summed E-state index contributed by atoms with van der Waals surface area (Å²) < 4.78 is 25.1. The van der Waals surface area contributed by atoms with Crippen molar-refractivity contribution in [3.05, 3.63) is 53.7 Å². The van der Waals surface area contributed by atoms with Gasteiger partial charge in [0.05, 0.1) is 10.6 Å². The van der Waals surface area contributed by atoms with E-state index < -0.39 is 9.84 Å². The highest BCUT2D eigenvalue weighted by Crippen LogP contribution is 2.32. The molecule has 0 bridgehead atoms. The maximum absolute atomic E-state index is 11.6. The fraction of sp³-hybridized carbons (Fsp3) is 0.222. The molecule has 0 aliphatic carbocycles. The van der Waals surface area contributed by atoms with Crippen LogP contribution in [-0.4, -0.2) is 35.7 Å². The van der Waals surface area contributed by atoms with Crippen LogP contribution in [0.25, 0.3) is 17.1 Å². The first-order valence-electron chi connectivity index (χ1n) is 7.68. The van der Waals surface area contributed by atoms with Crippen molar-refractivity contribution in [3.8, 4) is 17.1 Å². The van der Waals surface area contributed by atoms with Crippen LogP contribution in [0, 0.1) is 13.8 Å². The Morgan fingerprint density at radius 1 is 1.04 bits per heavy atom. The summed E-state index contributed by atoms with van der Waals surface area (Å²) in [5.41, 5.74) is 4.27. The Bertz CT molecular complexity index is 1010. The van der Waals surface area contributed by atoms with Crippen LogP contribution in [0.3, 0.4) is 0 Å². The fourth-order valence-electron chi connectivity index (χ4n) is 2.60. The standard InChI is InChI=1S/C18H19N3O2S2/c1-12-5-7-14(8-6-12)17-13(2)18(24-3)20-21(17)16-10-9-15(11-19-16)25(4,22)23/h5-11H,1-4H3. The predicted molar refractivity (Wildman–Crippen MR) is 101 cm³/mol. The Kier molecular flexibility index (Phi) is 4.71. The summed E-state index contributed by atoms with van der Waals surface area (Å²) in [4.78, 5) is 4.52. The van der Waals surface area contributed by atoms with Gasteiger partial charge in [-0.1, -0.05) is 29.8 Å². The number of aromatic nitrogens is 3. The quantitative estimate of drug-likeness (QED) is 0.653. The number of aryl methyl sites for hydroxylation is 1. The van der Waals surface area contributed by atoms with Gasteiger partial charge in [0.15, 0.2) is 15.7 Å². The summed E-state index contributed by atoms with van der Waals surface area (Å²) in [5, 5.41) is 5.58. The minimum atomic E-state index is -3.27. The highest BCUT2D eigenvalue weighted by atomic mass is 32.2. The van der Waals surface area contributed by atoms with E-state index in [2.05, 4.69) is 34.3 Å². The van der Waals surface area contributed by atoms with Gasteiger partial charge in [-0.3, -0.25) is 0 Å². The van der Waals surface area contributed by atoms with Crippen molar-refractivity contribution < 1.29 is 8.42 Å². The second kappa shape index (κ2) is 6.65. The van der Waals surface area contributed by atoms with Crippen LogP contribution in [-0.2, 0) is 9.84 Å². The molecule has 0 aliphatic rings. The third-order valence-corrected chi connectivity index (χ3v) is 5.84. The maximum atomic E-state index is 11.6. The van der Waals surface area contributed by atoms with Crippen molar-refractivity contribution in [2.45, 2.75) is 23.8 Å². The van der Waals surface area contributed by atoms with Crippen LogP contribution in [0.2, 0.25) is 0 Å². The molecule has 2 heterocycles. The summed E-state index contributed by atoms with van der Waals surface area (Å²) >= 11 is 1.57. The molecule has 3 rings (SSSR count). The summed E-state index contributed by atoms with van der Waals surface area (Å²) in [5.74, 6) is 0.589. The Labute approximate surface area is 152 Å². The van der Waals surface area contributed by atoms with Crippen LogP contribution >= 0.6 is 11.8 Å². The van der Waals surface area contributed by atoms with Gasteiger partial charge in [-0.25, -0.2) is 18.1 Å². The molecule has 0 spiro atoms. The SMILES string of the molecule is CSc1nn(-c2ccc(S(C)(=O)=O)cn2)c(-c2ccc(C)cc2)c1C. The molecule has 25 heavy (non-hydrogen) atoms. The number of rotatable bonds is 4. The van der Waals surface area contributed by atoms with Crippen molar-refractivity contribution in [2.75, 3.05) is 12.5 Å². The molecule has 0 fully saturated rings. The molecular weight excluding hydrogens is 354 g/mol. The van der Waals surface area contributed by atoms with E-state index in [1.807, 2.05) is 20.1 Å². The Hall–Kier alpha value is -2.12. The van der Waals surface area contributed by atoms with Gasteiger partial charge >= 0.3 is 0 Å². The minimum Gasteiger partial charge on any atom is -0.236 e. The Morgan fingerprint density at radius 2 is 1.72 bits per heavy atom. The average Bonchev–Trinajstić information content (AvgIpc) is 2.91. The largest absolute Gasteiger partial charge is 0.236 e. The first kappa shape index (κ1) is 17.7. The maximum Gasteiger partial charge on any atom is 0.177 e. The summed E-state index contributed by atoms with van der Waals surface area (Å²) in [6.45, 7) is 4.09. The molecular formula is C18H19N3O2S2. The van der Waals surface area contributed by atoms with E-state index in [1.54, 1.807) is 28.6 Å². The number of nitrogens with zero attached hydrogens (tertiary/aromatic N) is 3. The van der Waals surface area contributed by atoms with Crippen molar-refractivity contribution in [3.63, 3.8) is 0 Å². The van der Waals surface area contributed by atoms with Crippen LogP contribution in [0.1, 0.15) is 11.1 Å². The molecule has 0 saturated carbocycles. The normalized spacial score (nSPS) is 11.7. The minimum absolute atomic E-state index is 0.196. The van der Waals surface area contributed by atoms with Gasteiger partial charge in [-0.15, -0.1) is 11.8 Å². The zero-order valence-corrected chi connectivity index (χ0v) is 16.1. The Morgan fingerprint density at radius 3 is 2.24 bits per heavy atom. The Balaban J connectivity index is 2.17. The lowest BCUT2D eigenvalue weighted by atomic mass is 10.1. The fourth-order valence-corrected chi connectivity index (χ4v) is 3.73. The van der Waals surface area contributed by atoms with Gasteiger partial charge < -0.3 is 0 Å². The molecule has 3 aromatic rings. The second-order valence-electron chi connectivity index (χ2n) is 5.88. The molecule has 0 aliphatic heterocycles. The molecule has 0 amide bonds. The molecule has 0 unspecified atom stereocenters. The lowest BCUT2D eigenvalue weighted by molar-refractivity contribution is 0.601. The van der Waals surface area contributed by atoms with Gasteiger partial charge in [0.25, 0.3) is 0 Å². The van der Waals surface area contributed by atoms with Crippen molar-refractivity contribution in [1.29, 1.82) is 0 Å². The van der Waals surface area contributed by atoms with E-state index in [0.717, 1.165) is 21.8 Å². The average molecular weight is 374 g/mol. The van der Waals surface area contributed by atoms with Crippen LogP contribution in [0.5, 0.6) is 0 Å². The molecule has 0 atom stereocenters. The first-order valence-corrected chi connectivity index (χ1v) is 10.8. The number of hydrogen-bond acceptors (Lipinski definition) is 5. The molecule has 5 nitrogen and oxygen atoms in total. The zero-order chi connectivity index (χ0) is 18.2. The molecule has 2 aromatic heterocycles. The molecule has 0 N–H and O–H groups in total. The van der Waals surface area contributed by atoms with E-state index in [0.29, 0.717) is 5.82 Å². The summed E-state index contributed by atoms with van der Waals surface area (Å²) in [7, 11) is -3.27. The monoisotopic (exact) mass is 373 g/mol. The van der Waals surface area contributed by atoms with Crippen LogP contribution in [0.15, 0.2) is 52.5 Å². The summed E-state index contributed by atoms with van der Waals surface area (Å²) in [6, 6.07) is 11.5. The van der Waals surface area contributed by atoms with Crippen molar-refractivity contribution in [1.82, 2.24) is 14.8 Å². The third-order valence-electron chi connectivity index (χ3n) is 3.96. The van der Waals surface area contributed by atoms with E-state index in [1.165, 1.54) is 18.0 Å².